The molecule has 116 valence electrons. The summed E-state index contributed by atoms with van der Waals surface area (Å²) in [4.78, 5) is 21.7. The smallest absolute Gasteiger partial charge is 0.232 e. The number of hydrogen-bond acceptors (Lipinski definition) is 4. The third-order valence-electron chi connectivity index (χ3n) is 5.02. The first-order valence-electron chi connectivity index (χ1n) is 7.98. The maximum Gasteiger partial charge on any atom is 0.232 e. The van der Waals surface area contributed by atoms with Gasteiger partial charge in [0.2, 0.25) is 5.91 Å². The number of carbonyl (C=O) groups excluding carboxylic acids is 1. The predicted molar refractivity (Wildman–Crippen MR) is 85.3 cm³/mol. The lowest BCUT2D eigenvalue weighted by Crippen LogP contribution is -2.68. The number of rotatable bonds is 4. The molecule has 1 aromatic heterocycles. The number of thiazole rings is 1. The highest BCUT2D eigenvalue weighted by molar-refractivity contribution is 7.09. The second-order valence-electron chi connectivity index (χ2n) is 6.64. The largest absolute Gasteiger partial charge is 0.338 e. The van der Waals surface area contributed by atoms with Crippen LogP contribution in [0.2, 0.25) is 0 Å². The standard InChI is InChI=1S/C16H25N3OS/c1-4-12(2)19-11-16(15(19)20)6-5-7-18(10-16)8-14-9-21-13(3)17-14/h9,12H,4-8,10-11H2,1-3H3/t12-,16+/m0/s1. The first kappa shape index (κ1) is 15.0. The van der Waals surface area contributed by atoms with Crippen molar-refractivity contribution in [2.75, 3.05) is 19.6 Å². The number of aromatic nitrogens is 1. The van der Waals surface area contributed by atoms with Gasteiger partial charge in [-0.3, -0.25) is 9.69 Å². The van der Waals surface area contributed by atoms with Gasteiger partial charge in [-0.1, -0.05) is 6.92 Å². The number of amides is 1. The van der Waals surface area contributed by atoms with Crippen molar-refractivity contribution in [3.8, 4) is 0 Å². The fourth-order valence-electron chi connectivity index (χ4n) is 3.63. The molecule has 2 saturated heterocycles. The summed E-state index contributed by atoms with van der Waals surface area (Å²) in [5, 5.41) is 3.27. The lowest BCUT2D eigenvalue weighted by Gasteiger charge is -2.55. The summed E-state index contributed by atoms with van der Waals surface area (Å²) in [6.45, 7) is 10.2. The Kier molecular flexibility index (Phi) is 4.06. The van der Waals surface area contributed by atoms with Gasteiger partial charge in [0, 0.05) is 31.1 Å². The van der Waals surface area contributed by atoms with Crippen molar-refractivity contribution in [3.05, 3.63) is 16.1 Å². The Morgan fingerprint density at radius 2 is 2.29 bits per heavy atom. The molecule has 3 heterocycles. The first-order chi connectivity index (χ1) is 10.0. The SMILES string of the molecule is CC[C@H](C)N1C[C@]2(CCCN(Cc3csc(C)n3)C2)C1=O. The van der Waals surface area contributed by atoms with Crippen LogP contribution in [0.4, 0.5) is 0 Å². The van der Waals surface area contributed by atoms with Gasteiger partial charge < -0.3 is 4.90 Å². The van der Waals surface area contributed by atoms with E-state index < -0.39 is 0 Å². The first-order valence-corrected chi connectivity index (χ1v) is 8.86. The van der Waals surface area contributed by atoms with Crippen LogP contribution in [0.1, 0.15) is 43.8 Å². The number of nitrogens with zero attached hydrogens (tertiary/aromatic N) is 3. The lowest BCUT2D eigenvalue weighted by molar-refractivity contribution is -0.170. The molecule has 1 amide bonds. The molecule has 4 nitrogen and oxygen atoms in total. The normalized spacial score (nSPS) is 28.0. The number of likely N-dealkylation sites (tertiary alicyclic amines) is 2. The van der Waals surface area contributed by atoms with E-state index in [-0.39, 0.29) is 5.41 Å². The van der Waals surface area contributed by atoms with Crippen LogP contribution < -0.4 is 0 Å². The van der Waals surface area contributed by atoms with E-state index in [0.29, 0.717) is 11.9 Å². The fraction of sp³-hybridized carbons (Fsp3) is 0.750. The number of piperidine rings is 1. The van der Waals surface area contributed by atoms with Crippen molar-refractivity contribution in [3.63, 3.8) is 0 Å². The highest BCUT2D eigenvalue weighted by Crippen LogP contribution is 2.42. The summed E-state index contributed by atoms with van der Waals surface area (Å²) in [6, 6.07) is 0.389. The van der Waals surface area contributed by atoms with Crippen molar-refractivity contribution >= 4 is 17.2 Å². The molecule has 2 atom stereocenters. The zero-order valence-electron chi connectivity index (χ0n) is 13.3. The average molecular weight is 307 g/mol. The van der Waals surface area contributed by atoms with Gasteiger partial charge in [0.25, 0.3) is 0 Å². The fourth-order valence-corrected chi connectivity index (χ4v) is 4.23. The maximum atomic E-state index is 12.6. The van der Waals surface area contributed by atoms with Gasteiger partial charge in [-0.2, -0.15) is 0 Å². The van der Waals surface area contributed by atoms with Crippen LogP contribution >= 0.6 is 11.3 Å². The van der Waals surface area contributed by atoms with Crippen molar-refractivity contribution < 1.29 is 4.79 Å². The van der Waals surface area contributed by atoms with Crippen LogP contribution in [-0.4, -0.2) is 46.4 Å². The summed E-state index contributed by atoms with van der Waals surface area (Å²) in [6.07, 6.45) is 3.23. The van der Waals surface area contributed by atoms with Gasteiger partial charge in [0.15, 0.2) is 0 Å². The quantitative estimate of drug-likeness (QED) is 0.803. The topological polar surface area (TPSA) is 36.4 Å². The van der Waals surface area contributed by atoms with Crippen LogP contribution in [0, 0.1) is 12.3 Å². The minimum atomic E-state index is -0.0905. The van der Waals surface area contributed by atoms with E-state index in [4.69, 9.17) is 0 Å². The molecule has 2 aliphatic rings. The molecule has 2 fully saturated rings. The Labute approximate surface area is 131 Å². The third-order valence-corrected chi connectivity index (χ3v) is 5.84. The molecule has 0 bridgehead atoms. The predicted octanol–water partition coefficient (Wildman–Crippen LogP) is 2.67. The summed E-state index contributed by atoms with van der Waals surface area (Å²) < 4.78 is 0. The zero-order valence-corrected chi connectivity index (χ0v) is 14.1. The number of β-lactam (4-membered cyclic amide) rings is 1. The van der Waals surface area contributed by atoms with Gasteiger partial charge in [-0.05, 0) is 39.7 Å². The molecule has 0 aromatic carbocycles. The second-order valence-corrected chi connectivity index (χ2v) is 7.70. The molecule has 0 radical (unpaired) electrons. The summed E-state index contributed by atoms with van der Waals surface area (Å²) in [7, 11) is 0. The summed E-state index contributed by atoms with van der Waals surface area (Å²) in [5.41, 5.74) is 1.06. The number of carbonyl (C=O) groups is 1. The van der Waals surface area contributed by atoms with Crippen molar-refractivity contribution in [2.24, 2.45) is 5.41 Å². The summed E-state index contributed by atoms with van der Waals surface area (Å²) in [5.74, 6) is 0.385. The molecule has 3 rings (SSSR count). The maximum absolute atomic E-state index is 12.6. The molecule has 0 N–H and O–H groups in total. The van der Waals surface area contributed by atoms with E-state index in [9.17, 15) is 4.79 Å². The average Bonchev–Trinajstić information content (AvgIpc) is 2.89. The lowest BCUT2D eigenvalue weighted by atomic mass is 9.71. The van der Waals surface area contributed by atoms with Gasteiger partial charge in [0.1, 0.15) is 0 Å². The molecule has 1 aromatic rings. The van der Waals surface area contributed by atoms with E-state index in [1.165, 1.54) is 0 Å². The Balaban J connectivity index is 1.63. The minimum Gasteiger partial charge on any atom is -0.338 e. The van der Waals surface area contributed by atoms with Crippen LogP contribution in [-0.2, 0) is 11.3 Å². The molecular weight excluding hydrogens is 282 g/mol. The van der Waals surface area contributed by atoms with E-state index in [1.54, 1.807) is 11.3 Å². The Morgan fingerprint density at radius 3 is 2.90 bits per heavy atom. The van der Waals surface area contributed by atoms with Crippen LogP contribution in [0.25, 0.3) is 0 Å². The highest BCUT2D eigenvalue weighted by Gasteiger charge is 2.54. The Bertz CT molecular complexity index is 529. The molecule has 21 heavy (non-hydrogen) atoms. The van der Waals surface area contributed by atoms with E-state index in [0.717, 1.165) is 56.1 Å². The van der Waals surface area contributed by atoms with Crippen molar-refractivity contribution in [2.45, 2.75) is 52.6 Å². The van der Waals surface area contributed by atoms with Gasteiger partial charge in [-0.25, -0.2) is 4.98 Å². The van der Waals surface area contributed by atoms with Crippen molar-refractivity contribution in [1.82, 2.24) is 14.8 Å². The Morgan fingerprint density at radius 1 is 1.48 bits per heavy atom. The highest BCUT2D eigenvalue weighted by atomic mass is 32.1. The molecule has 0 aliphatic carbocycles. The molecule has 0 saturated carbocycles. The summed E-state index contributed by atoms with van der Waals surface area (Å²) >= 11 is 1.71. The van der Waals surface area contributed by atoms with E-state index >= 15 is 0 Å². The third kappa shape index (κ3) is 2.73. The van der Waals surface area contributed by atoms with Crippen LogP contribution in [0.15, 0.2) is 5.38 Å². The monoisotopic (exact) mass is 307 g/mol. The molecular formula is C16H25N3OS. The van der Waals surface area contributed by atoms with E-state index in [1.807, 2.05) is 6.92 Å². The van der Waals surface area contributed by atoms with Gasteiger partial charge in [-0.15, -0.1) is 11.3 Å². The van der Waals surface area contributed by atoms with Crippen LogP contribution in [0.5, 0.6) is 0 Å². The number of hydrogen-bond donors (Lipinski definition) is 0. The second kappa shape index (κ2) is 5.69. The molecule has 1 spiro atoms. The van der Waals surface area contributed by atoms with Gasteiger partial charge >= 0.3 is 0 Å². The van der Waals surface area contributed by atoms with E-state index in [2.05, 4.69) is 34.0 Å². The van der Waals surface area contributed by atoms with Crippen molar-refractivity contribution in [1.29, 1.82) is 0 Å². The minimum absolute atomic E-state index is 0.0905. The number of aryl methyl sites for hydroxylation is 1. The van der Waals surface area contributed by atoms with Crippen LogP contribution in [0.3, 0.4) is 0 Å². The Hall–Kier alpha value is -0.940. The van der Waals surface area contributed by atoms with Gasteiger partial charge in [0.05, 0.1) is 16.1 Å². The molecule has 5 heteroatoms. The molecule has 2 aliphatic heterocycles. The zero-order chi connectivity index (χ0) is 15.0. The molecule has 0 unspecified atom stereocenters.